The highest BCUT2D eigenvalue weighted by Gasteiger charge is 2.24. The summed E-state index contributed by atoms with van der Waals surface area (Å²) in [5.41, 5.74) is 2.82. The number of aromatic amines is 1. The molecule has 168 valence electrons. The molecule has 1 heterocycles. The first kappa shape index (κ1) is 22.4. The Morgan fingerprint density at radius 2 is 1.73 bits per heavy atom. The van der Waals surface area contributed by atoms with E-state index in [1.807, 2.05) is 37.4 Å². The van der Waals surface area contributed by atoms with Gasteiger partial charge in [-0.05, 0) is 55.0 Å². The lowest BCUT2D eigenvalue weighted by molar-refractivity contribution is -0.118. The summed E-state index contributed by atoms with van der Waals surface area (Å²) in [6, 6.07) is 20.9. The molecule has 4 aromatic rings. The molecule has 3 aromatic carbocycles. The van der Waals surface area contributed by atoms with E-state index in [0.29, 0.717) is 29.3 Å². The van der Waals surface area contributed by atoms with E-state index in [1.165, 1.54) is 0 Å². The average molecular weight is 462 g/mol. The van der Waals surface area contributed by atoms with E-state index in [9.17, 15) is 9.59 Å². The highest BCUT2D eigenvalue weighted by atomic mass is 35.5. The highest BCUT2D eigenvalue weighted by molar-refractivity contribution is 6.33. The normalized spacial score (nSPS) is 11.7. The molecule has 3 N–H and O–H groups in total. The number of aromatic nitrogens is 1. The number of rotatable bonds is 8. The predicted octanol–water partition coefficient (Wildman–Crippen LogP) is 5.20. The van der Waals surface area contributed by atoms with E-state index in [4.69, 9.17) is 16.3 Å². The zero-order chi connectivity index (χ0) is 23.2. The van der Waals surface area contributed by atoms with Crippen molar-refractivity contribution in [3.05, 3.63) is 95.1 Å². The van der Waals surface area contributed by atoms with Crippen molar-refractivity contribution in [1.29, 1.82) is 0 Å². The Balaban J connectivity index is 1.57. The summed E-state index contributed by atoms with van der Waals surface area (Å²) < 4.78 is 5.45. The van der Waals surface area contributed by atoms with E-state index in [-0.39, 0.29) is 5.91 Å². The Kier molecular flexibility index (Phi) is 6.95. The Bertz CT molecular complexity index is 1270. The van der Waals surface area contributed by atoms with Crippen LogP contribution < -0.4 is 15.4 Å². The van der Waals surface area contributed by atoms with Gasteiger partial charge in [0.25, 0.3) is 5.91 Å². The van der Waals surface area contributed by atoms with Crippen LogP contribution in [-0.4, -0.2) is 29.4 Å². The molecule has 0 aliphatic heterocycles. The largest absolute Gasteiger partial charge is 0.494 e. The van der Waals surface area contributed by atoms with E-state index in [1.54, 1.807) is 48.5 Å². The number of carbonyl (C=O) groups excluding carboxylic acids is 2. The fraction of sp³-hybridized carbons (Fsp3) is 0.154. The van der Waals surface area contributed by atoms with Crippen LogP contribution in [0.15, 0.2) is 79.0 Å². The van der Waals surface area contributed by atoms with Crippen molar-refractivity contribution in [2.45, 2.75) is 19.4 Å². The van der Waals surface area contributed by atoms with E-state index < -0.39 is 11.9 Å². The molecule has 0 bridgehead atoms. The minimum Gasteiger partial charge on any atom is -0.494 e. The molecule has 0 aliphatic carbocycles. The van der Waals surface area contributed by atoms with Gasteiger partial charge in [0.15, 0.2) is 0 Å². The summed E-state index contributed by atoms with van der Waals surface area (Å²) in [5.74, 6) is -0.0185. The maximum absolute atomic E-state index is 13.2. The van der Waals surface area contributed by atoms with Gasteiger partial charge >= 0.3 is 0 Å². The zero-order valence-electron chi connectivity index (χ0n) is 18.1. The molecule has 33 heavy (non-hydrogen) atoms. The van der Waals surface area contributed by atoms with Crippen LogP contribution in [0.5, 0.6) is 5.75 Å². The highest BCUT2D eigenvalue weighted by Crippen LogP contribution is 2.21. The minimum atomic E-state index is -0.820. The van der Waals surface area contributed by atoms with Crippen molar-refractivity contribution in [2.75, 3.05) is 11.9 Å². The maximum Gasteiger partial charge on any atom is 0.253 e. The molecular formula is C26H24ClN3O3. The molecule has 2 amide bonds. The molecule has 1 atom stereocenters. The maximum atomic E-state index is 13.2. The Morgan fingerprint density at radius 1 is 1.00 bits per heavy atom. The molecule has 0 spiro atoms. The molecular weight excluding hydrogens is 438 g/mol. The number of para-hydroxylation sites is 1. The fourth-order valence-corrected chi connectivity index (χ4v) is 3.86. The first-order valence-electron chi connectivity index (χ1n) is 10.7. The topological polar surface area (TPSA) is 83.2 Å². The second-order valence-electron chi connectivity index (χ2n) is 7.52. The third-order valence-electron chi connectivity index (χ3n) is 5.27. The number of H-pyrrole nitrogens is 1. The number of hydrogen-bond donors (Lipinski definition) is 3. The van der Waals surface area contributed by atoms with Crippen LogP contribution in [0.1, 0.15) is 22.8 Å². The van der Waals surface area contributed by atoms with Gasteiger partial charge in [0.2, 0.25) is 5.91 Å². The van der Waals surface area contributed by atoms with Crippen molar-refractivity contribution in [2.24, 2.45) is 0 Å². The van der Waals surface area contributed by atoms with E-state index in [0.717, 1.165) is 22.2 Å². The van der Waals surface area contributed by atoms with Crippen LogP contribution in [0.3, 0.4) is 0 Å². The first-order valence-corrected chi connectivity index (χ1v) is 11.1. The molecule has 0 saturated heterocycles. The van der Waals surface area contributed by atoms with Gasteiger partial charge in [0.1, 0.15) is 11.8 Å². The molecule has 0 fully saturated rings. The molecule has 0 radical (unpaired) electrons. The quantitative estimate of drug-likeness (QED) is 0.337. The summed E-state index contributed by atoms with van der Waals surface area (Å²) >= 11 is 6.20. The van der Waals surface area contributed by atoms with E-state index in [2.05, 4.69) is 15.6 Å². The first-order chi connectivity index (χ1) is 16.0. The standard InChI is InChI=1S/C26H24ClN3O3/c1-2-33-19-13-11-18(12-14-19)29-26(32)24(30-25(31)21-8-3-5-9-22(21)27)15-17-16-28-23-10-6-4-7-20(17)23/h3-14,16,24,28H,2,15H2,1H3,(H,29,32)(H,30,31)/t24-/m0/s1. The van der Waals surface area contributed by atoms with Gasteiger partial charge in [-0.25, -0.2) is 0 Å². The number of nitrogens with one attached hydrogen (secondary N) is 3. The van der Waals surface area contributed by atoms with Crippen LogP contribution >= 0.6 is 11.6 Å². The van der Waals surface area contributed by atoms with E-state index >= 15 is 0 Å². The monoisotopic (exact) mass is 461 g/mol. The van der Waals surface area contributed by atoms with Crippen molar-refractivity contribution >= 4 is 40.0 Å². The summed E-state index contributed by atoms with van der Waals surface area (Å²) in [4.78, 5) is 29.4. The third kappa shape index (κ3) is 5.35. The minimum absolute atomic E-state index is 0.309. The van der Waals surface area contributed by atoms with Crippen LogP contribution in [0.2, 0.25) is 5.02 Å². The number of halogens is 1. The molecule has 0 saturated carbocycles. The molecule has 1 aromatic heterocycles. The summed E-state index contributed by atoms with van der Waals surface area (Å²) in [7, 11) is 0. The van der Waals surface area contributed by atoms with Crippen LogP contribution in [0.25, 0.3) is 10.9 Å². The number of fused-ring (bicyclic) bond motifs is 1. The smallest absolute Gasteiger partial charge is 0.253 e. The zero-order valence-corrected chi connectivity index (χ0v) is 18.9. The van der Waals surface area contributed by atoms with Crippen molar-refractivity contribution in [1.82, 2.24) is 10.3 Å². The average Bonchev–Trinajstić information content (AvgIpc) is 3.23. The van der Waals surface area contributed by atoms with Gasteiger partial charge in [-0.15, -0.1) is 0 Å². The van der Waals surface area contributed by atoms with Gasteiger partial charge in [-0.3, -0.25) is 9.59 Å². The lowest BCUT2D eigenvalue weighted by Crippen LogP contribution is -2.45. The second-order valence-corrected chi connectivity index (χ2v) is 7.92. The summed E-state index contributed by atoms with van der Waals surface area (Å²) in [6.45, 7) is 2.47. The predicted molar refractivity (Wildman–Crippen MR) is 131 cm³/mol. The van der Waals surface area contributed by atoms with Gasteiger partial charge < -0.3 is 20.4 Å². The fourth-order valence-electron chi connectivity index (χ4n) is 3.64. The van der Waals surface area contributed by atoms with Gasteiger partial charge in [-0.1, -0.05) is 41.9 Å². The van der Waals surface area contributed by atoms with Crippen LogP contribution in [0, 0.1) is 0 Å². The number of carbonyl (C=O) groups is 2. The van der Waals surface area contributed by atoms with Crippen LogP contribution in [-0.2, 0) is 11.2 Å². The lowest BCUT2D eigenvalue weighted by atomic mass is 10.0. The second kappa shape index (κ2) is 10.2. The third-order valence-corrected chi connectivity index (χ3v) is 5.60. The number of anilines is 1. The van der Waals surface area contributed by atoms with Crippen LogP contribution in [0.4, 0.5) is 5.69 Å². The Labute approximate surface area is 196 Å². The summed E-state index contributed by atoms with van der Waals surface area (Å²) in [5, 5.41) is 7.08. The Hall–Kier alpha value is -3.77. The molecule has 0 unspecified atom stereocenters. The number of hydrogen-bond acceptors (Lipinski definition) is 3. The molecule has 4 rings (SSSR count). The van der Waals surface area contributed by atoms with Gasteiger partial charge in [0.05, 0.1) is 17.2 Å². The van der Waals surface area contributed by atoms with Crippen molar-refractivity contribution in [3.8, 4) is 5.75 Å². The SMILES string of the molecule is CCOc1ccc(NC(=O)[C@H](Cc2c[nH]c3ccccc23)NC(=O)c2ccccc2Cl)cc1. The Morgan fingerprint density at radius 3 is 2.48 bits per heavy atom. The lowest BCUT2D eigenvalue weighted by Gasteiger charge is -2.19. The number of ether oxygens (including phenoxy) is 1. The van der Waals surface area contributed by atoms with Crippen molar-refractivity contribution < 1.29 is 14.3 Å². The van der Waals surface area contributed by atoms with Gasteiger partial charge in [0, 0.05) is 29.2 Å². The van der Waals surface area contributed by atoms with Gasteiger partial charge in [-0.2, -0.15) is 0 Å². The molecule has 0 aliphatic rings. The van der Waals surface area contributed by atoms with Crippen molar-refractivity contribution in [3.63, 3.8) is 0 Å². The molecule has 7 heteroatoms. The molecule has 6 nitrogen and oxygen atoms in total. The number of amides is 2. The summed E-state index contributed by atoms with van der Waals surface area (Å²) in [6.07, 6.45) is 2.17. The number of benzene rings is 3.